The summed E-state index contributed by atoms with van der Waals surface area (Å²) in [6.45, 7) is 3.87. The van der Waals surface area contributed by atoms with Gasteiger partial charge < -0.3 is 10.7 Å². The third kappa shape index (κ3) is 2.62. The second-order valence-corrected chi connectivity index (χ2v) is 4.51. The van der Waals surface area contributed by atoms with E-state index in [1.165, 1.54) is 18.2 Å². The molecular formula is C15H16FN3O. The van der Waals surface area contributed by atoms with Gasteiger partial charge in [0.05, 0.1) is 11.3 Å². The van der Waals surface area contributed by atoms with Gasteiger partial charge in [0, 0.05) is 5.69 Å². The summed E-state index contributed by atoms with van der Waals surface area (Å²) in [5.74, 6) is 4.29. The minimum absolute atomic E-state index is 0.0182. The molecular weight excluding hydrogens is 257 g/mol. The molecule has 0 spiro atoms. The Hall–Kier alpha value is -2.40. The van der Waals surface area contributed by atoms with E-state index >= 15 is 0 Å². The summed E-state index contributed by atoms with van der Waals surface area (Å²) in [7, 11) is 0. The normalized spacial score (nSPS) is 10.2. The highest BCUT2D eigenvalue weighted by atomic mass is 19.1. The predicted octanol–water partition coefficient (Wildman–Crippen LogP) is 2.98. The van der Waals surface area contributed by atoms with Crippen molar-refractivity contribution in [1.29, 1.82) is 0 Å². The Morgan fingerprint density at radius 3 is 2.55 bits per heavy atom. The van der Waals surface area contributed by atoms with E-state index in [0.29, 0.717) is 5.69 Å². The molecule has 0 heterocycles. The lowest BCUT2D eigenvalue weighted by molar-refractivity contribution is 0.102. The van der Waals surface area contributed by atoms with Crippen molar-refractivity contribution in [3.05, 3.63) is 58.9 Å². The first-order valence-corrected chi connectivity index (χ1v) is 6.17. The maximum Gasteiger partial charge on any atom is 0.257 e. The first kappa shape index (κ1) is 14.0. The summed E-state index contributed by atoms with van der Waals surface area (Å²) in [6.07, 6.45) is 0. The summed E-state index contributed by atoms with van der Waals surface area (Å²) in [4.78, 5) is 12.2. The molecule has 104 valence electrons. The van der Waals surface area contributed by atoms with Gasteiger partial charge in [0.2, 0.25) is 0 Å². The van der Waals surface area contributed by atoms with Crippen LogP contribution in [0.2, 0.25) is 0 Å². The van der Waals surface area contributed by atoms with Gasteiger partial charge in [-0.25, -0.2) is 4.39 Å². The maximum atomic E-state index is 13.6. The van der Waals surface area contributed by atoms with E-state index in [1.54, 1.807) is 6.07 Å². The molecule has 0 saturated carbocycles. The molecule has 20 heavy (non-hydrogen) atoms. The van der Waals surface area contributed by atoms with Crippen LogP contribution in [0.1, 0.15) is 21.5 Å². The van der Waals surface area contributed by atoms with Gasteiger partial charge in [-0.2, -0.15) is 0 Å². The highest BCUT2D eigenvalue weighted by molar-refractivity contribution is 6.08. The Balaban J connectivity index is 2.34. The quantitative estimate of drug-likeness (QED) is 0.595. The van der Waals surface area contributed by atoms with E-state index in [9.17, 15) is 9.18 Å². The van der Waals surface area contributed by atoms with Gasteiger partial charge >= 0.3 is 0 Å². The number of amides is 1. The van der Waals surface area contributed by atoms with Crippen LogP contribution < -0.4 is 16.6 Å². The van der Waals surface area contributed by atoms with Crippen LogP contribution in [0.3, 0.4) is 0 Å². The molecule has 2 aromatic carbocycles. The molecule has 0 aliphatic carbocycles. The second kappa shape index (κ2) is 5.71. The lowest BCUT2D eigenvalue weighted by atomic mass is 10.1. The molecule has 4 nitrogen and oxygen atoms in total. The number of hydrogen-bond donors (Lipinski definition) is 3. The van der Waals surface area contributed by atoms with Gasteiger partial charge in [0.1, 0.15) is 5.82 Å². The number of nitrogens with two attached hydrogens (primary N) is 1. The number of anilines is 2. The Labute approximate surface area is 116 Å². The zero-order valence-electron chi connectivity index (χ0n) is 11.3. The average Bonchev–Trinajstić information content (AvgIpc) is 2.43. The number of carbonyl (C=O) groups excluding carboxylic acids is 1. The molecule has 0 aliphatic rings. The highest BCUT2D eigenvalue weighted by Gasteiger charge is 2.15. The molecule has 0 aliphatic heterocycles. The van der Waals surface area contributed by atoms with Crippen molar-refractivity contribution >= 4 is 17.3 Å². The van der Waals surface area contributed by atoms with Crippen molar-refractivity contribution < 1.29 is 9.18 Å². The molecule has 0 radical (unpaired) electrons. The van der Waals surface area contributed by atoms with Crippen LogP contribution >= 0.6 is 0 Å². The molecule has 0 bridgehead atoms. The molecule has 0 unspecified atom stereocenters. The van der Waals surface area contributed by atoms with Crippen molar-refractivity contribution in [3.8, 4) is 0 Å². The van der Waals surface area contributed by atoms with Gasteiger partial charge in [-0.3, -0.25) is 10.6 Å². The fourth-order valence-electron chi connectivity index (χ4n) is 1.94. The van der Waals surface area contributed by atoms with Gasteiger partial charge in [0.15, 0.2) is 0 Å². The second-order valence-electron chi connectivity index (χ2n) is 4.51. The Kier molecular flexibility index (Phi) is 4.00. The monoisotopic (exact) mass is 273 g/mol. The molecule has 0 aromatic heterocycles. The largest absolute Gasteiger partial charge is 0.322 e. The first-order chi connectivity index (χ1) is 9.54. The Morgan fingerprint density at radius 1 is 1.15 bits per heavy atom. The number of nitrogens with one attached hydrogen (secondary N) is 2. The van der Waals surface area contributed by atoms with Crippen LogP contribution in [0.15, 0.2) is 36.4 Å². The van der Waals surface area contributed by atoms with Crippen LogP contribution in [0, 0.1) is 19.7 Å². The molecule has 5 heteroatoms. The van der Waals surface area contributed by atoms with Gasteiger partial charge in [0.25, 0.3) is 5.91 Å². The molecule has 2 aromatic rings. The van der Waals surface area contributed by atoms with Gasteiger partial charge in [-0.15, -0.1) is 0 Å². The number of nitrogen functional groups attached to an aromatic ring is 1. The Morgan fingerprint density at radius 2 is 1.85 bits per heavy atom. The summed E-state index contributed by atoms with van der Waals surface area (Å²) in [5.41, 5.74) is 5.10. The number of para-hydroxylation sites is 1. The van der Waals surface area contributed by atoms with Crippen LogP contribution in [0.25, 0.3) is 0 Å². The average molecular weight is 273 g/mol. The number of halogens is 1. The predicted molar refractivity (Wildman–Crippen MR) is 78.1 cm³/mol. The lowest BCUT2D eigenvalue weighted by Gasteiger charge is -2.13. The minimum atomic E-state index is -0.568. The number of benzene rings is 2. The van der Waals surface area contributed by atoms with Crippen LogP contribution in [-0.2, 0) is 0 Å². The number of carbonyl (C=O) groups is 1. The van der Waals surface area contributed by atoms with E-state index in [4.69, 9.17) is 5.84 Å². The molecule has 0 saturated heterocycles. The zero-order valence-corrected chi connectivity index (χ0v) is 11.3. The fourth-order valence-corrected chi connectivity index (χ4v) is 1.94. The SMILES string of the molecule is Cc1cccc(NC(=O)c2cccc(F)c2NN)c1C. The van der Waals surface area contributed by atoms with Gasteiger partial charge in [-0.05, 0) is 43.2 Å². The Bertz CT molecular complexity index is 656. The lowest BCUT2D eigenvalue weighted by Crippen LogP contribution is -2.18. The standard InChI is InChI=1S/C15H16FN3O/c1-9-5-3-8-13(10(9)2)18-15(20)11-6-4-7-12(16)14(11)19-17/h3-8,19H,17H2,1-2H3,(H,18,20). The maximum absolute atomic E-state index is 13.6. The molecule has 1 amide bonds. The van der Waals surface area contributed by atoms with Crippen molar-refractivity contribution in [2.24, 2.45) is 5.84 Å². The third-order valence-electron chi connectivity index (χ3n) is 3.26. The summed E-state index contributed by atoms with van der Waals surface area (Å²) >= 11 is 0. The summed E-state index contributed by atoms with van der Waals surface area (Å²) in [6, 6.07) is 9.83. The van der Waals surface area contributed by atoms with Crippen LogP contribution in [-0.4, -0.2) is 5.91 Å². The first-order valence-electron chi connectivity index (χ1n) is 6.17. The summed E-state index contributed by atoms with van der Waals surface area (Å²) in [5, 5.41) is 2.77. The zero-order chi connectivity index (χ0) is 14.7. The van der Waals surface area contributed by atoms with Crippen LogP contribution in [0.4, 0.5) is 15.8 Å². The highest BCUT2D eigenvalue weighted by Crippen LogP contribution is 2.22. The van der Waals surface area contributed by atoms with E-state index in [1.807, 2.05) is 26.0 Å². The number of aryl methyl sites for hydroxylation is 1. The number of hydrogen-bond acceptors (Lipinski definition) is 3. The van der Waals surface area contributed by atoms with Crippen molar-refractivity contribution in [2.45, 2.75) is 13.8 Å². The third-order valence-corrected chi connectivity index (χ3v) is 3.26. The number of hydrazine groups is 1. The van der Waals surface area contributed by atoms with Crippen molar-refractivity contribution in [3.63, 3.8) is 0 Å². The van der Waals surface area contributed by atoms with E-state index < -0.39 is 11.7 Å². The van der Waals surface area contributed by atoms with E-state index in [2.05, 4.69) is 10.7 Å². The van der Waals surface area contributed by atoms with E-state index in [-0.39, 0.29) is 11.3 Å². The van der Waals surface area contributed by atoms with E-state index in [0.717, 1.165) is 11.1 Å². The smallest absolute Gasteiger partial charge is 0.257 e. The number of rotatable bonds is 3. The molecule has 2 rings (SSSR count). The van der Waals surface area contributed by atoms with Crippen molar-refractivity contribution in [1.82, 2.24) is 0 Å². The van der Waals surface area contributed by atoms with Gasteiger partial charge in [-0.1, -0.05) is 18.2 Å². The summed E-state index contributed by atoms with van der Waals surface area (Å²) < 4.78 is 13.6. The fraction of sp³-hybridized carbons (Fsp3) is 0.133. The molecule has 0 atom stereocenters. The topological polar surface area (TPSA) is 67.2 Å². The van der Waals surface area contributed by atoms with Crippen molar-refractivity contribution in [2.75, 3.05) is 10.7 Å². The minimum Gasteiger partial charge on any atom is -0.322 e. The molecule has 4 N–H and O–H groups in total. The van der Waals surface area contributed by atoms with Crippen LogP contribution in [0.5, 0.6) is 0 Å². The molecule has 0 fully saturated rings.